The number of rotatable bonds is 14. The molecule has 4 aromatic carbocycles. The fourth-order valence-corrected chi connectivity index (χ4v) is 11.6. The van der Waals surface area contributed by atoms with Crippen LogP contribution in [-0.4, -0.2) is 25.3 Å². The van der Waals surface area contributed by atoms with Crippen LogP contribution in [0, 0.1) is 5.41 Å². The second kappa shape index (κ2) is 14.8. The Morgan fingerprint density at radius 1 is 0.690 bits per heavy atom. The predicted molar refractivity (Wildman–Crippen MR) is 183 cm³/mol. The second-order valence-corrected chi connectivity index (χ2v) is 15.7. The number of carbonyl (C=O) groups excluding carboxylic acids is 1. The average molecular weight is 652 g/mol. The van der Waals surface area contributed by atoms with Crippen molar-refractivity contribution in [3.63, 3.8) is 0 Å². The first-order chi connectivity index (χ1) is 19.8. The van der Waals surface area contributed by atoms with E-state index in [-0.39, 0.29) is 23.0 Å². The van der Waals surface area contributed by atoms with Gasteiger partial charge < -0.3 is 0 Å². The first-order valence-electron chi connectivity index (χ1n) is 14.6. The van der Waals surface area contributed by atoms with E-state index in [0.717, 1.165) is 30.5 Å². The molecule has 0 saturated carbocycles. The van der Waals surface area contributed by atoms with E-state index in [1.807, 2.05) is 45.0 Å². The van der Waals surface area contributed by atoms with Crippen molar-refractivity contribution >= 4 is 45.7 Å². The van der Waals surface area contributed by atoms with Gasteiger partial charge in [-0.1, -0.05) is 0 Å². The van der Waals surface area contributed by atoms with Gasteiger partial charge in [0.05, 0.1) is 6.61 Å². The fraction of sp³-hybridized carbons (Fsp3) is 0.306. The molecule has 0 aliphatic heterocycles. The Labute approximate surface area is 262 Å². The van der Waals surface area contributed by atoms with Gasteiger partial charge in [-0.15, -0.1) is 17.0 Å². The Morgan fingerprint density at radius 3 is 1.57 bits per heavy atom. The second-order valence-electron chi connectivity index (χ2n) is 11.1. The topological polar surface area (TPSA) is 44.8 Å². The molecule has 0 atom stereocenters. The van der Waals surface area contributed by atoms with Crippen LogP contribution in [-0.2, 0) is 9.53 Å². The normalized spacial score (nSPS) is 12.3. The van der Waals surface area contributed by atoms with E-state index >= 15 is 0 Å². The van der Waals surface area contributed by atoms with Crippen LogP contribution >= 0.6 is 23.8 Å². The van der Waals surface area contributed by atoms with Gasteiger partial charge in [0.2, 0.25) is 0 Å². The van der Waals surface area contributed by atoms with Gasteiger partial charge in [-0.05, 0) is 6.92 Å². The zero-order valence-corrected chi connectivity index (χ0v) is 27.8. The molecule has 0 spiro atoms. The van der Waals surface area contributed by atoms with Crippen molar-refractivity contribution < 1.29 is 18.8 Å². The van der Waals surface area contributed by atoms with Crippen LogP contribution in [0.15, 0.2) is 115 Å². The summed E-state index contributed by atoms with van der Waals surface area (Å²) < 4.78 is 18.7. The van der Waals surface area contributed by atoms with Gasteiger partial charge in [0.15, 0.2) is 0 Å². The summed E-state index contributed by atoms with van der Waals surface area (Å²) in [4.78, 5) is 12.2. The monoisotopic (exact) mass is 650 g/mol. The zero-order valence-electron chi connectivity index (χ0n) is 25.2. The molecule has 0 saturated heterocycles. The molecule has 0 fully saturated rings. The van der Waals surface area contributed by atoms with E-state index in [1.54, 1.807) is 0 Å². The molecular formula is C36H44BrO4P. The van der Waals surface area contributed by atoms with E-state index in [9.17, 15) is 4.79 Å². The number of hydrogen-bond donors (Lipinski definition) is 0. The van der Waals surface area contributed by atoms with Crippen LogP contribution in [0.25, 0.3) is 0 Å². The summed E-state index contributed by atoms with van der Waals surface area (Å²) in [7, 11) is 0. The van der Waals surface area contributed by atoms with Gasteiger partial charge >= 0.3 is 232 Å². The Bertz CT molecular complexity index is 1280. The zero-order chi connectivity index (χ0) is 29.2. The summed E-state index contributed by atoms with van der Waals surface area (Å²) in [5.74, 6) is 1.43. The molecule has 4 rings (SSSR count). The van der Waals surface area contributed by atoms with Crippen LogP contribution in [0.1, 0.15) is 47.0 Å². The fourth-order valence-electron chi connectivity index (χ4n) is 5.66. The molecule has 4 nitrogen and oxygen atoms in total. The SMILES string of the molecule is Br.CCCP(Oc1ccc(OCCCC(C)(C)C(=O)OCC)cc1)(c1ccccc1)(c1ccccc1)c1ccccc1. The van der Waals surface area contributed by atoms with Gasteiger partial charge in [-0.3, -0.25) is 0 Å². The Hall–Kier alpha value is -3.14. The van der Waals surface area contributed by atoms with E-state index in [1.165, 1.54) is 15.9 Å². The maximum absolute atomic E-state index is 12.2. The number of carbonyl (C=O) groups is 1. The van der Waals surface area contributed by atoms with Crippen LogP contribution in [0.3, 0.4) is 0 Å². The van der Waals surface area contributed by atoms with Crippen molar-refractivity contribution in [2.45, 2.75) is 47.0 Å². The van der Waals surface area contributed by atoms with E-state index < -0.39 is 12.2 Å². The Kier molecular flexibility index (Phi) is 11.8. The van der Waals surface area contributed by atoms with E-state index in [0.29, 0.717) is 19.6 Å². The third kappa shape index (κ3) is 6.90. The number of esters is 1. The van der Waals surface area contributed by atoms with Gasteiger partial charge in [0.1, 0.15) is 0 Å². The van der Waals surface area contributed by atoms with Crippen LogP contribution < -0.4 is 25.2 Å². The molecule has 0 bridgehead atoms. The summed E-state index contributed by atoms with van der Waals surface area (Å²) in [6.45, 7) is 5.42. The Balaban J connectivity index is 0.00000484. The van der Waals surface area contributed by atoms with Crippen molar-refractivity contribution in [1.82, 2.24) is 0 Å². The minimum absolute atomic E-state index is 0. The molecule has 0 N–H and O–H groups in total. The van der Waals surface area contributed by atoms with Gasteiger partial charge in [-0.25, -0.2) is 0 Å². The maximum atomic E-state index is 12.2. The van der Waals surface area contributed by atoms with Crippen LogP contribution in [0.4, 0.5) is 0 Å². The standard InChI is InChI=1S/C36H43O4P.BrH/c1-5-29-41(32-17-10-7-11-18-32,33-19-12-8-13-20-33,34-21-14-9-15-22-34)40-31-25-23-30(24-26-31)39-28-16-27-36(3,4)35(37)38-6-2;/h7-15,17-26H,5-6,16,27-29H2,1-4H3;1H. The number of halogens is 1. The van der Waals surface area contributed by atoms with Gasteiger partial charge in [0.25, 0.3) is 0 Å². The summed E-state index contributed by atoms with van der Waals surface area (Å²) in [6, 6.07) is 40.2. The first kappa shape index (κ1) is 33.4. The molecule has 42 heavy (non-hydrogen) atoms. The molecule has 6 heteroatoms. The Morgan fingerprint density at radius 2 is 1.14 bits per heavy atom. The molecule has 0 amide bonds. The quantitative estimate of drug-likeness (QED) is 0.0783. The molecule has 0 heterocycles. The number of benzene rings is 4. The van der Waals surface area contributed by atoms with E-state index in [4.69, 9.17) is 14.0 Å². The van der Waals surface area contributed by atoms with Crippen LogP contribution in [0.2, 0.25) is 0 Å². The first-order valence-corrected chi connectivity index (χ1v) is 17.0. The van der Waals surface area contributed by atoms with Gasteiger partial charge in [-0.2, -0.15) is 0 Å². The molecule has 4 aromatic rings. The van der Waals surface area contributed by atoms with Crippen LogP contribution in [0.5, 0.6) is 11.5 Å². The predicted octanol–water partition coefficient (Wildman–Crippen LogP) is 8.25. The average Bonchev–Trinajstić information content (AvgIpc) is 3.01. The van der Waals surface area contributed by atoms with Crippen molar-refractivity contribution in [1.29, 1.82) is 0 Å². The van der Waals surface area contributed by atoms with Crippen molar-refractivity contribution in [3.8, 4) is 11.5 Å². The summed E-state index contributed by atoms with van der Waals surface area (Å²) >= 11 is 0. The molecule has 0 aliphatic rings. The number of ether oxygens (including phenoxy) is 2. The summed E-state index contributed by atoms with van der Waals surface area (Å²) in [5, 5.41) is 3.63. The molecule has 0 aromatic heterocycles. The van der Waals surface area contributed by atoms with Crippen molar-refractivity contribution in [2.24, 2.45) is 5.41 Å². The molecule has 0 radical (unpaired) electrons. The molecule has 0 aliphatic carbocycles. The third-order valence-corrected chi connectivity index (χ3v) is 13.8. The molecular weight excluding hydrogens is 607 g/mol. The van der Waals surface area contributed by atoms with Crippen molar-refractivity contribution in [2.75, 3.05) is 19.4 Å². The summed E-state index contributed by atoms with van der Waals surface area (Å²) in [5.41, 5.74) is -0.523. The van der Waals surface area contributed by atoms with Gasteiger partial charge in [0, 0.05) is 0 Å². The number of hydrogen-bond acceptors (Lipinski definition) is 4. The molecule has 224 valence electrons. The molecule has 0 unspecified atom stereocenters. The summed E-state index contributed by atoms with van der Waals surface area (Å²) in [6.07, 6.45) is 3.29. The third-order valence-electron chi connectivity index (χ3n) is 7.73. The minimum atomic E-state index is -3.41. The van der Waals surface area contributed by atoms with E-state index in [2.05, 4.69) is 97.9 Å². The van der Waals surface area contributed by atoms with Crippen molar-refractivity contribution in [3.05, 3.63) is 115 Å².